The Hall–Kier alpha value is -3.47. The van der Waals surface area contributed by atoms with Gasteiger partial charge in [0, 0.05) is 5.56 Å². The number of halogens is 5. The van der Waals surface area contributed by atoms with E-state index in [1.165, 1.54) is 65.7 Å². The Morgan fingerprint density at radius 1 is 0.811 bits per heavy atom. The molecule has 2 saturated heterocycles. The lowest BCUT2D eigenvalue weighted by Gasteiger charge is -2.44. The molecule has 2 aliphatic heterocycles. The standard InChI is InChI=1S/C24H16Cl3F2N5O3/c25-16-9-13(22(35)32-34-21(19(27)24(34)37)12-3-7-15(29)8-4-12)10-17(30-16)31-33-20(18(26)23(33)36)11-1-5-14(28)6-2-11/h1-10,18-21H,(H,30,31)(H,32,35). The molecular formula is C24H16Cl3F2N5O3. The fraction of sp³-hybridized carbons (Fsp3) is 0.167. The van der Waals surface area contributed by atoms with Gasteiger partial charge in [-0.3, -0.25) is 25.2 Å². The van der Waals surface area contributed by atoms with Gasteiger partial charge in [0.1, 0.15) is 45.4 Å². The van der Waals surface area contributed by atoms with Crippen molar-refractivity contribution in [3.8, 4) is 0 Å². The molecule has 2 N–H and O–H groups in total. The zero-order chi connectivity index (χ0) is 26.4. The number of rotatable bonds is 6. The van der Waals surface area contributed by atoms with Gasteiger partial charge in [-0.05, 0) is 47.5 Å². The second kappa shape index (κ2) is 9.77. The van der Waals surface area contributed by atoms with E-state index < -0.39 is 52.2 Å². The van der Waals surface area contributed by atoms with E-state index in [-0.39, 0.29) is 16.5 Å². The van der Waals surface area contributed by atoms with Crippen LogP contribution < -0.4 is 10.9 Å². The van der Waals surface area contributed by atoms with Crippen LogP contribution in [0.5, 0.6) is 0 Å². The van der Waals surface area contributed by atoms with E-state index in [1.54, 1.807) is 0 Å². The molecule has 37 heavy (non-hydrogen) atoms. The highest BCUT2D eigenvalue weighted by Crippen LogP contribution is 2.39. The predicted molar refractivity (Wildman–Crippen MR) is 132 cm³/mol. The fourth-order valence-corrected chi connectivity index (χ4v) is 5.03. The minimum absolute atomic E-state index is 0.0277. The SMILES string of the molecule is O=C(NN1C(=O)C(Cl)C1c1ccc(F)cc1)c1cc(Cl)nc(NN2C(=O)C(Cl)C2c2ccc(F)cc2)c1. The molecule has 0 spiro atoms. The van der Waals surface area contributed by atoms with Gasteiger partial charge in [-0.15, -0.1) is 23.2 Å². The van der Waals surface area contributed by atoms with Crippen LogP contribution >= 0.6 is 34.8 Å². The molecule has 3 amide bonds. The Balaban J connectivity index is 1.33. The van der Waals surface area contributed by atoms with E-state index in [0.717, 1.165) is 5.01 Å². The van der Waals surface area contributed by atoms with Crippen molar-refractivity contribution in [2.75, 3.05) is 5.43 Å². The molecule has 0 radical (unpaired) electrons. The summed E-state index contributed by atoms with van der Waals surface area (Å²) >= 11 is 18.4. The molecule has 2 aliphatic rings. The molecule has 2 aromatic carbocycles. The van der Waals surface area contributed by atoms with Crippen LogP contribution in [0.15, 0.2) is 60.7 Å². The number of carbonyl (C=O) groups excluding carboxylic acids is 3. The average Bonchev–Trinajstić information content (AvgIpc) is 2.89. The molecule has 4 atom stereocenters. The van der Waals surface area contributed by atoms with Crippen LogP contribution in [0.1, 0.15) is 33.6 Å². The quantitative estimate of drug-likeness (QED) is 0.263. The number of hydrogen-bond acceptors (Lipinski definition) is 5. The first-order chi connectivity index (χ1) is 17.6. The summed E-state index contributed by atoms with van der Waals surface area (Å²) in [5.74, 6) is -2.52. The van der Waals surface area contributed by atoms with Gasteiger partial charge in [0.05, 0.1) is 0 Å². The van der Waals surface area contributed by atoms with Gasteiger partial charge in [-0.2, -0.15) is 0 Å². The number of β-lactam (4-membered cyclic amide) rings is 2. The summed E-state index contributed by atoms with van der Waals surface area (Å²) in [7, 11) is 0. The molecule has 190 valence electrons. The Bertz CT molecular complexity index is 1390. The van der Waals surface area contributed by atoms with Crippen molar-refractivity contribution in [3.63, 3.8) is 0 Å². The van der Waals surface area contributed by atoms with Crippen molar-refractivity contribution >= 4 is 58.3 Å². The zero-order valence-electron chi connectivity index (χ0n) is 18.5. The van der Waals surface area contributed by atoms with Crippen LogP contribution in [-0.4, -0.2) is 43.5 Å². The smallest absolute Gasteiger partial charge is 0.270 e. The third-order valence-electron chi connectivity index (χ3n) is 5.99. The highest BCUT2D eigenvalue weighted by molar-refractivity contribution is 6.34. The Morgan fingerprint density at radius 2 is 1.30 bits per heavy atom. The Morgan fingerprint density at radius 3 is 1.84 bits per heavy atom. The number of hydrazine groups is 2. The summed E-state index contributed by atoms with van der Waals surface area (Å²) in [5.41, 5.74) is 6.43. The largest absolute Gasteiger partial charge is 0.279 e. The lowest BCUT2D eigenvalue weighted by atomic mass is 9.95. The first-order valence-electron chi connectivity index (χ1n) is 10.8. The summed E-state index contributed by atoms with van der Waals surface area (Å²) in [6.07, 6.45) is 0. The number of benzene rings is 2. The highest BCUT2D eigenvalue weighted by atomic mass is 35.5. The van der Waals surface area contributed by atoms with Crippen molar-refractivity contribution in [2.24, 2.45) is 0 Å². The van der Waals surface area contributed by atoms with E-state index in [4.69, 9.17) is 34.8 Å². The highest BCUT2D eigenvalue weighted by Gasteiger charge is 2.49. The molecular weight excluding hydrogens is 551 g/mol. The van der Waals surface area contributed by atoms with Crippen molar-refractivity contribution in [1.82, 2.24) is 20.4 Å². The van der Waals surface area contributed by atoms with E-state index in [1.807, 2.05) is 0 Å². The fourth-order valence-electron chi connectivity index (χ4n) is 4.10. The molecule has 4 unspecified atom stereocenters. The monoisotopic (exact) mass is 565 g/mol. The minimum atomic E-state index is -0.937. The van der Waals surface area contributed by atoms with Gasteiger partial charge in [0.15, 0.2) is 0 Å². The number of amides is 3. The maximum atomic E-state index is 13.3. The molecule has 3 aromatic rings. The minimum Gasteiger partial charge on any atom is -0.279 e. The number of anilines is 1. The van der Waals surface area contributed by atoms with Crippen LogP contribution in [-0.2, 0) is 9.59 Å². The lowest BCUT2D eigenvalue weighted by Crippen LogP contribution is -2.63. The maximum absolute atomic E-state index is 13.3. The van der Waals surface area contributed by atoms with E-state index in [2.05, 4.69) is 15.8 Å². The summed E-state index contributed by atoms with van der Waals surface area (Å²) in [6.45, 7) is 0. The number of hydrogen-bond donors (Lipinski definition) is 2. The van der Waals surface area contributed by atoms with Gasteiger partial charge in [0.25, 0.3) is 17.7 Å². The molecule has 5 rings (SSSR count). The van der Waals surface area contributed by atoms with Crippen LogP contribution in [0, 0.1) is 11.6 Å². The second-order valence-corrected chi connectivity index (χ2v) is 9.66. The summed E-state index contributed by atoms with van der Waals surface area (Å²) in [5, 5.41) is 0.366. The van der Waals surface area contributed by atoms with E-state index in [0.29, 0.717) is 11.1 Å². The van der Waals surface area contributed by atoms with Crippen molar-refractivity contribution in [1.29, 1.82) is 0 Å². The number of aromatic nitrogens is 1. The number of nitrogens with zero attached hydrogens (tertiary/aromatic N) is 3. The first kappa shape index (κ1) is 25.2. The number of alkyl halides is 2. The summed E-state index contributed by atoms with van der Waals surface area (Å²) in [6, 6.07) is 12.2. The number of nitrogens with one attached hydrogen (secondary N) is 2. The van der Waals surface area contributed by atoms with Gasteiger partial charge in [0.2, 0.25) is 0 Å². The molecule has 0 saturated carbocycles. The van der Waals surface area contributed by atoms with Crippen molar-refractivity contribution in [3.05, 3.63) is 94.1 Å². The van der Waals surface area contributed by atoms with Gasteiger partial charge >= 0.3 is 0 Å². The third-order valence-corrected chi connectivity index (χ3v) is 7.04. The second-order valence-electron chi connectivity index (χ2n) is 8.33. The molecule has 0 aliphatic carbocycles. The van der Waals surface area contributed by atoms with Crippen molar-refractivity contribution in [2.45, 2.75) is 22.8 Å². The van der Waals surface area contributed by atoms with Crippen LogP contribution in [0.25, 0.3) is 0 Å². The van der Waals surface area contributed by atoms with Gasteiger partial charge in [-0.1, -0.05) is 35.9 Å². The van der Waals surface area contributed by atoms with Gasteiger partial charge in [-0.25, -0.2) is 23.8 Å². The lowest BCUT2D eigenvalue weighted by molar-refractivity contribution is -0.149. The third kappa shape index (κ3) is 4.68. The van der Waals surface area contributed by atoms with E-state index >= 15 is 0 Å². The molecule has 1 aromatic heterocycles. The van der Waals surface area contributed by atoms with Crippen LogP contribution in [0.4, 0.5) is 14.6 Å². The number of pyridine rings is 1. The topological polar surface area (TPSA) is 94.6 Å². The zero-order valence-corrected chi connectivity index (χ0v) is 20.8. The average molecular weight is 567 g/mol. The van der Waals surface area contributed by atoms with Gasteiger partial charge < -0.3 is 0 Å². The Labute approximate surface area is 224 Å². The Kier molecular flexibility index (Phi) is 6.65. The first-order valence-corrected chi connectivity index (χ1v) is 12.1. The maximum Gasteiger partial charge on any atom is 0.270 e. The normalized spacial score (nSPS) is 22.8. The number of carbonyl (C=O) groups is 3. The molecule has 13 heteroatoms. The van der Waals surface area contributed by atoms with Crippen LogP contribution in [0.2, 0.25) is 5.15 Å². The summed E-state index contributed by atoms with van der Waals surface area (Å²) in [4.78, 5) is 41.8. The molecule has 0 bridgehead atoms. The van der Waals surface area contributed by atoms with Crippen LogP contribution in [0.3, 0.4) is 0 Å². The molecule has 2 fully saturated rings. The molecule has 3 heterocycles. The van der Waals surface area contributed by atoms with Crippen molar-refractivity contribution < 1.29 is 23.2 Å². The predicted octanol–water partition coefficient (Wildman–Crippen LogP) is 4.37. The van der Waals surface area contributed by atoms with E-state index in [9.17, 15) is 23.2 Å². The summed E-state index contributed by atoms with van der Waals surface area (Å²) < 4.78 is 26.6. The molecule has 8 nitrogen and oxygen atoms in total.